The van der Waals surface area contributed by atoms with E-state index in [0.29, 0.717) is 0 Å². The van der Waals surface area contributed by atoms with Gasteiger partial charge in [-0.15, -0.1) is 0 Å². The second kappa shape index (κ2) is 4.49. The Morgan fingerprint density at radius 3 is 2.83 bits per heavy atom. The minimum absolute atomic E-state index is 0.000185. The van der Waals surface area contributed by atoms with Gasteiger partial charge < -0.3 is 15.8 Å². The summed E-state index contributed by atoms with van der Waals surface area (Å²) < 4.78 is 5.71. The molecular weight excluding hydrogens is 228 g/mol. The van der Waals surface area contributed by atoms with Crippen molar-refractivity contribution in [3.8, 4) is 0 Å². The van der Waals surface area contributed by atoms with Crippen molar-refractivity contribution in [2.45, 2.75) is 64.6 Å². The first kappa shape index (κ1) is 13.8. The van der Waals surface area contributed by atoms with Crippen LogP contribution < -0.4 is 11.1 Å². The summed E-state index contributed by atoms with van der Waals surface area (Å²) in [5.41, 5.74) is 5.42. The third-order valence-electron chi connectivity index (χ3n) is 4.93. The number of fused-ring (bicyclic) bond motifs is 1. The van der Waals surface area contributed by atoms with Gasteiger partial charge in [-0.2, -0.15) is 0 Å². The minimum atomic E-state index is -0.768. The largest absolute Gasteiger partial charge is 0.377 e. The van der Waals surface area contributed by atoms with Crippen molar-refractivity contribution < 1.29 is 9.53 Å². The van der Waals surface area contributed by atoms with Gasteiger partial charge in [0, 0.05) is 24.0 Å². The van der Waals surface area contributed by atoms with Crippen molar-refractivity contribution in [3.63, 3.8) is 0 Å². The normalized spacial score (nSPS) is 38.7. The molecule has 1 saturated heterocycles. The average Bonchev–Trinajstić information content (AvgIpc) is 2.75. The highest BCUT2D eigenvalue weighted by molar-refractivity contribution is 5.89. The third-order valence-corrected chi connectivity index (χ3v) is 4.93. The summed E-state index contributed by atoms with van der Waals surface area (Å²) in [5.74, 6) is 0.182. The first-order valence-corrected chi connectivity index (χ1v) is 7.07. The van der Waals surface area contributed by atoms with E-state index in [1.54, 1.807) is 0 Å². The van der Waals surface area contributed by atoms with Crippen molar-refractivity contribution in [3.05, 3.63) is 0 Å². The zero-order valence-corrected chi connectivity index (χ0v) is 12.0. The van der Waals surface area contributed by atoms with Crippen LogP contribution in [0.4, 0.5) is 0 Å². The predicted octanol–water partition coefficient (Wildman–Crippen LogP) is 1.43. The molecule has 0 bridgehead atoms. The summed E-state index contributed by atoms with van der Waals surface area (Å²) in [4.78, 5) is 12.5. The maximum absolute atomic E-state index is 12.5. The number of hydrogen-bond acceptors (Lipinski definition) is 3. The van der Waals surface area contributed by atoms with Crippen LogP contribution in [0.15, 0.2) is 0 Å². The van der Waals surface area contributed by atoms with Gasteiger partial charge in [0.25, 0.3) is 0 Å². The summed E-state index contributed by atoms with van der Waals surface area (Å²) in [7, 11) is 0. The second-order valence-corrected chi connectivity index (χ2v) is 6.44. The molecule has 2 rings (SSSR count). The molecule has 1 aliphatic carbocycles. The highest BCUT2D eigenvalue weighted by Gasteiger charge is 2.71. The van der Waals surface area contributed by atoms with Crippen LogP contribution in [0.5, 0.6) is 0 Å². The van der Waals surface area contributed by atoms with Gasteiger partial charge in [0.05, 0.1) is 6.10 Å². The molecule has 0 aromatic rings. The second-order valence-electron chi connectivity index (χ2n) is 6.44. The first-order chi connectivity index (χ1) is 8.35. The molecule has 3 N–H and O–H groups in total. The lowest BCUT2D eigenvalue weighted by molar-refractivity contribution is -0.175. The van der Waals surface area contributed by atoms with Crippen molar-refractivity contribution in [2.75, 3.05) is 6.61 Å². The Kier molecular flexibility index (Phi) is 3.45. The van der Waals surface area contributed by atoms with Gasteiger partial charge in [0.2, 0.25) is 5.91 Å². The molecule has 1 saturated carbocycles. The quantitative estimate of drug-likeness (QED) is 0.798. The van der Waals surface area contributed by atoms with Crippen molar-refractivity contribution in [2.24, 2.45) is 17.1 Å². The van der Waals surface area contributed by atoms with E-state index in [4.69, 9.17) is 10.5 Å². The molecular formula is C14H26N2O2. The number of nitrogens with two attached hydrogens (primary N) is 1. The fraction of sp³-hybridized carbons (Fsp3) is 0.929. The van der Waals surface area contributed by atoms with E-state index in [1.165, 1.54) is 0 Å². The van der Waals surface area contributed by atoms with E-state index in [9.17, 15) is 4.79 Å². The van der Waals surface area contributed by atoms with Gasteiger partial charge in [-0.25, -0.2) is 0 Å². The lowest BCUT2D eigenvalue weighted by atomic mass is 9.48. The molecule has 2 fully saturated rings. The Balaban J connectivity index is 2.09. The summed E-state index contributed by atoms with van der Waals surface area (Å²) >= 11 is 0. The molecule has 2 aliphatic rings. The highest BCUT2D eigenvalue weighted by atomic mass is 16.5. The Bertz CT molecular complexity index is 343. The molecule has 1 aliphatic heterocycles. The SMILES string of the molecule is CCCC(C)NC(=O)C1(N)C2CCOC2C1(C)C. The van der Waals surface area contributed by atoms with Crippen molar-refractivity contribution in [1.29, 1.82) is 0 Å². The Labute approximate surface area is 110 Å². The smallest absolute Gasteiger partial charge is 0.241 e. The Morgan fingerprint density at radius 1 is 1.56 bits per heavy atom. The van der Waals surface area contributed by atoms with Crippen LogP contribution in [0.1, 0.15) is 47.0 Å². The van der Waals surface area contributed by atoms with Gasteiger partial charge in [-0.3, -0.25) is 4.79 Å². The average molecular weight is 254 g/mol. The minimum Gasteiger partial charge on any atom is -0.377 e. The molecule has 1 amide bonds. The lowest BCUT2D eigenvalue weighted by Gasteiger charge is -2.60. The van der Waals surface area contributed by atoms with Gasteiger partial charge in [-0.05, 0) is 19.8 Å². The molecule has 18 heavy (non-hydrogen) atoms. The number of rotatable bonds is 4. The van der Waals surface area contributed by atoms with Gasteiger partial charge in [-0.1, -0.05) is 27.2 Å². The maximum atomic E-state index is 12.5. The van der Waals surface area contributed by atoms with E-state index in [1.807, 2.05) is 20.8 Å². The number of ether oxygens (including phenoxy) is 1. The molecule has 4 atom stereocenters. The highest BCUT2D eigenvalue weighted by Crippen LogP contribution is 2.58. The zero-order valence-electron chi connectivity index (χ0n) is 12.0. The molecule has 4 heteroatoms. The number of nitrogens with one attached hydrogen (secondary N) is 1. The predicted molar refractivity (Wildman–Crippen MR) is 71.1 cm³/mol. The summed E-state index contributed by atoms with van der Waals surface area (Å²) in [5, 5.41) is 3.07. The van der Waals surface area contributed by atoms with Crippen LogP contribution in [0.2, 0.25) is 0 Å². The number of carbonyl (C=O) groups is 1. The number of carbonyl (C=O) groups excluding carboxylic acids is 1. The third kappa shape index (κ3) is 1.69. The summed E-state index contributed by atoms with van der Waals surface area (Å²) in [6, 6.07) is 0.195. The van der Waals surface area contributed by atoms with Crippen molar-refractivity contribution >= 4 is 5.91 Å². The van der Waals surface area contributed by atoms with Crippen LogP contribution in [0.3, 0.4) is 0 Å². The fourth-order valence-electron chi connectivity index (χ4n) is 3.69. The first-order valence-electron chi connectivity index (χ1n) is 7.07. The van der Waals surface area contributed by atoms with Crippen LogP contribution in [-0.2, 0) is 9.53 Å². The molecule has 104 valence electrons. The van der Waals surface area contributed by atoms with Crippen LogP contribution in [-0.4, -0.2) is 30.2 Å². The Morgan fingerprint density at radius 2 is 2.22 bits per heavy atom. The van der Waals surface area contributed by atoms with Crippen LogP contribution in [0.25, 0.3) is 0 Å². The molecule has 0 radical (unpaired) electrons. The monoisotopic (exact) mass is 254 g/mol. The van der Waals surface area contributed by atoms with E-state index in [0.717, 1.165) is 25.9 Å². The van der Waals surface area contributed by atoms with E-state index in [-0.39, 0.29) is 29.4 Å². The van der Waals surface area contributed by atoms with Crippen molar-refractivity contribution in [1.82, 2.24) is 5.32 Å². The molecule has 4 unspecified atom stereocenters. The van der Waals surface area contributed by atoms with E-state index in [2.05, 4.69) is 12.2 Å². The zero-order chi connectivity index (χ0) is 13.6. The summed E-state index contributed by atoms with van der Waals surface area (Å²) in [6.45, 7) is 8.98. The molecule has 1 heterocycles. The standard InChI is InChI=1S/C14H26N2O2/c1-5-6-9(2)16-12(17)14(15)10-7-8-18-11(10)13(14,3)4/h9-11H,5-8,15H2,1-4H3,(H,16,17). The topological polar surface area (TPSA) is 64.4 Å². The van der Waals surface area contributed by atoms with Crippen LogP contribution >= 0.6 is 0 Å². The molecule has 0 spiro atoms. The van der Waals surface area contributed by atoms with E-state index >= 15 is 0 Å². The maximum Gasteiger partial charge on any atom is 0.241 e. The number of amides is 1. The molecule has 0 aromatic heterocycles. The number of hydrogen-bond donors (Lipinski definition) is 2. The Hall–Kier alpha value is -0.610. The van der Waals surface area contributed by atoms with Gasteiger partial charge >= 0.3 is 0 Å². The lowest BCUT2D eigenvalue weighted by Crippen LogP contribution is -2.80. The fourth-order valence-corrected chi connectivity index (χ4v) is 3.69. The summed E-state index contributed by atoms with van der Waals surface area (Å²) in [6.07, 6.45) is 3.11. The van der Waals surface area contributed by atoms with E-state index < -0.39 is 5.54 Å². The molecule has 4 nitrogen and oxygen atoms in total. The van der Waals surface area contributed by atoms with Gasteiger partial charge in [0.15, 0.2) is 0 Å². The van der Waals surface area contributed by atoms with Gasteiger partial charge in [0.1, 0.15) is 5.54 Å². The molecule has 0 aromatic carbocycles. The van der Waals surface area contributed by atoms with Crippen LogP contribution in [0, 0.1) is 11.3 Å².